The molecule has 0 amide bonds. The number of hydrogen-bond acceptors (Lipinski definition) is 3. The van der Waals surface area contributed by atoms with E-state index in [1.165, 1.54) is 0 Å². The van der Waals surface area contributed by atoms with E-state index in [2.05, 4.69) is 19.2 Å². The SMILES string of the molecule is CC[Si]1(CC)OCCNCCO1. The van der Waals surface area contributed by atoms with Gasteiger partial charge >= 0.3 is 8.56 Å². The molecule has 1 aliphatic rings. The van der Waals surface area contributed by atoms with Gasteiger partial charge in [0.25, 0.3) is 0 Å². The molecule has 1 heterocycles. The molecule has 1 aliphatic heterocycles. The standard InChI is InChI=1S/C8H19NO2Si/c1-3-12(4-2)10-7-5-9-6-8-11-12/h9H,3-8H2,1-2H3. The van der Waals surface area contributed by atoms with E-state index in [0.29, 0.717) is 0 Å². The van der Waals surface area contributed by atoms with Gasteiger partial charge in [-0.15, -0.1) is 0 Å². The maximum atomic E-state index is 5.82. The summed E-state index contributed by atoms with van der Waals surface area (Å²) in [5.41, 5.74) is 0. The van der Waals surface area contributed by atoms with Crippen LogP contribution >= 0.6 is 0 Å². The summed E-state index contributed by atoms with van der Waals surface area (Å²) in [5, 5.41) is 3.25. The van der Waals surface area contributed by atoms with Gasteiger partial charge in [-0.3, -0.25) is 0 Å². The van der Waals surface area contributed by atoms with Crippen molar-refractivity contribution < 1.29 is 8.85 Å². The maximum Gasteiger partial charge on any atom is 0.337 e. The Labute approximate surface area is 75.7 Å². The fourth-order valence-corrected chi connectivity index (χ4v) is 3.79. The van der Waals surface area contributed by atoms with E-state index in [9.17, 15) is 0 Å². The maximum absolute atomic E-state index is 5.82. The van der Waals surface area contributed by atoms with Crippen molar-refractivity contribution in [3.8, 4) is 0 Å². The number of rotatable bonds is 2. The third-order valence-electron chi connectivity index (χ3n) is 2.37. The van der Waals surface area contributed by atoms with Gasteiger partial charge in [-0.1, -0.05) is 13.8 Å². The van der Waals surface area contributed by atoms with Crippen LogP contribution in [-0.4, -0.2) is 34.9 Å². The van der Waals surface area contributed by atoms with E-state index in [-0.39, 0.29) is 0 Å². The highest BCUT2D eigenvalue weighted by Crippen LogP contribution is 2.18. The van der Waals surface area contributed by atoms with Crippen molar-refractivity contribution in [3.05, 3.63) is 0 Å². The normalized spacial score (nSPS) is 24.5. The van der Waals surface area contributed by atoms with Crippen molar-refractivity contribution >= 4 is 8.56 Å². The van der Waals surface area contributed by atoms with Crippen molar-refractivity contribution in [2.45, 2.75) is 25.9 Å². The fourth-order valence-electron chi connectivity index (χ4n) is 1.44. The topological polar surface area (TPSA) is 30.5 Å². The lowest BCUT2D eigenvalue weighted by molar-refractivity contribution is 0.152. The average Bonchev–Trinajstić information content (AvgIpc) is 2.06. The fraction of sp³-hybridized carbons (Fsp3) is 1.00. The van der Waals surface area contributed by atoms with Crippen molar-refractivity contribution in [1.82, 2.24) is 5.32 Å². The summed E-state index contributed by atoms with van der Waals surface area (Å²) in [5.74, 6) is 0. The molecule has 1 rings (SSSR count). The second kappa shape index (κ2) is 4.96. The van der Waals surface area contributed by atoms with Crippen LogP contribution in [0.2, 0.25) is 12.1 Å². The Morgan fingerprint density at radius 3 is 2.00 bits per heavy atom. The second-order valence-electron chi connectivity index (χ2n) is 3.06. The van der Waals surface area contributed by atoms with E-state index < -0.39 is 8.56 Å². The molecule has 1 fully saturated rings. The van der Waals surface area contributed by atoms with Crippen LogP contribution in [0.15, 0.2) is 0 Å². The van der Waals surface area contributed by atoms with Crippen molar-refractivity contribution in [2.75, 3.05) is 26.3 Å². The van der Waals surface area contributed by atoms with Gasteiger partial charge < -0.3 is 14.2 Å². The minimum atomic E-state index is -1.75. The predicted octanol–water partition coefficient (Wildman–Crippen LogP) is 1.10. The van der Waals surface area contributed by atoms with Gasteiger partial charge in [-0.05, 0) is 12.1 Å². The van der Waals surface area contributed by atoms with Crippen LogP contribution in [0.3, 0.4) is 0 Å². The van der Waals surface area contributed by atoms with Crippen LogP contribution in [-0.2, 0) is 8.85 Å². The summed E-state index contributed by atoms with van der Waals surface area (Å²) >= 11 is 0. The third kappa shape index (κ3) is 2.55. The van der Waals surface area contributed by atoms with Gasteiger partial charge in [-0.2, -0.15) is 0 Å². The van der Waals surface area contributed by atoms with E-state index in [1.54, 1.807) is 0 Å². The molecule has 0 aliphatic carbocycles. The van der Waals surface area contributed by atoms with Crippen LogP contribution in [0, 0.1) is 0 Å². The lowest BCUT2D eigenvalue weighted by Crippen LogP contribution is -2.46. The minimum Gasteiger partial charge on any atom is -0.393 e. The Bertz CT molecular complexity index is 118. The Kier molecular flexibility index (Phi) is 4.21. The van der Waals surface area contributed by atoms with E-state index in [4.69, 9.17) is 8.85 Å². The van der Waals surface area contributed by atoms with Crippen molar-refractivity contribution in [2.24, 2.45) is 0 Å². The first-order valence-corrected chi connectivity index (χ1v) is 7.04. The molecule has 1 saturated heterocycles. The molecule has 0 unspecified atom stereocenters. The Morgan fingerprint density at radius 1 is 1.08 bits per heavy atom. The minimum absolute atomic E-state index is 0.813. The highest BCUT2D eigenvalue weighted by atomic mass is 28.4. The van der Waals surface area contributed by atoms with Gasteiger partial charge in [0.1, 0.15) is 0 Å². The van der Waals surface area contributed by atoms with E-state index in [1.807, 2.05) is 0 Å². The van der Waals surface area contributed by atoms with Gasteiger partial charge in [0.2, 0.25) is 0 Å². The number of nitrogens with one attached hydrogen (secondary N) is 1. The first-order valence-electron chi connectivity index (χ1n) is 4.81. The molecule has 0 aromatic rings. The predicted molar refractivity (Wildman–Crippen MR) is 51.5 cm³/mol. The zero-order valence-electron chi connectivity index (χ0n) is 8.06. The molecule has 4 heteroatoms. The summed E-state index contributed by atoms with van der Waals surface area (Å²) < 4.78 is 11.6. The summed E-state index contributed by atoms with van der Waals surface area (Å²) in [6.45, 7) is 7.91. The molecule has 0 radical (unpaired) electrons. The second-order valence-corrected chi connectivity index (χ2v) is 6.88. The molecule has 0 saturated carbocycles. The molecule has 1 N–H and O–H groups in total. The Hall–Kier alpha value is 0.0969. The monoisotopic (exact) mass is 189 g/mol. The lowest BCUT2D eigenvalue weighted by Gasteiger charge is -2.30. The first kappa shape index (κ1) is 10.2. The summed E-state index contributed by atoms with van der Waals surface area (Å²) in [6.07, 6.45) is 0. The lowest BCUT2D eigenvalue weighted by atomic mass is 10.6. The molecule has 12 heavy (non-hydrogen) atoms. The zero-order chi connectivity index (χ0) is 8.86. The quantitative estimate of drug-likeness (QED) is 0.660. The molecular formula is C8H19NO2Si. The summed E-state index contributed by atoms with van der Waals surface area (Å²) in [6, 6.07) is 2.15. The Balaban J connectivity index is 2.45. The summed E-state index contributed by atoms with van der Waals surface area (Å²) in [7, 11) is -1.75. The number of hydrogen-bond donors (Lipinski definition) is 1. The van der Waals surface area contributed by atoms with E-state index >= 15 is 0 Å². The smallest absolute Gasteiger partial charge is 0.337 e. The van der Waals surface area contributed by atoms with Gasteiger partial charge in [0.05, 0.1) is 0 Å². The van der Waals surface area contributed by atoms with Crippen LogP contribution in [0.5, 0.6) is 0 Å². The molecule has 0 aromatic heterocycles. The van der Waals surface area contributed by atoms with Crippen molar-refractivity contribution in [1.29, 1.82) is 0 Å². The average molecular weight is 189 g/mol. The zero-order valence-corrected chi connectivity index (χ0v) is 9.06. The van der Waals surface area contributed by atoms with Crippen LogP contribution in [0.4, 0.5) is 0 Å². The molecule has 0 spiro atoms. The van der Waals surface area contributed by atoms with E-state index in [0.717, 1.165) is 38.4 Å². The molecular weight excluding hydrogens is 170 g/mol. The van der Waals surface area contributed by atoms with Gasteiger partial charge in [0, 0.05) is 26.3 Å². The highest BCUT2D eigenvalue weighted by Gasteiger charge is 2.33. The third-order valence-corrected chi connectivity index (χ3v) is 5.98. The highest BCUT2D eigenvalue weighted by molar-refractivity contribution is 6.67. The largest absolute Gasteiger partial charge is 0.393 e. The van der Waals surface area contributed by atoms with Crippen molar-refractivity contribution in [3.63, 3.8) is 0 Å². The molecule has 3 nitrogen and oxygen atoms in total. The van der Waals surface area contributed by atoms with Gasteiger partial charge in [0.15, 0.2) is 0 Å². The van der Waals surface area contributed by atoms with Gasteiger partial charge in [-0.25, -0.2) is 0 Å². The summed E-state index contributed by atoms with van der Waals surface area (Å²) in [4.78, 5) is 0. The molecule has 72 valence electrons. The Morgan fingerprint density at radius 2 is 1.58 bits per heavy atom. The molecule has 0 aromatic carbocycles. The van der Waals surface area contributed by atoms with Crippen LogP contribution in [0.1, 0.15) is 13.8 Å². The molecule has 0 atom stereocenters. The molecule has 0 bridgehead atoms. The first-order chi connectivity index (χ1) is 5.83. The van der Waals surface area contributed by atoms with Crippen LogP contribution in [0.25, 0.3) is 0 Å². The van der Waals surface area contributed by atoms with Crippen LogP contribution < -0.4 is 5.32 Å².